The van der Waals surface area contributed by atoms with Gasteiger partial charge in [-0.1, -0.05) is 18.2 Å². The van der Waals surface area contributed by atoms with Crippen LogP contribution in [0.1, 0.15) is 24.8 Å². The highest BCUT2D eigenvalue weighted by Crippen LogP contribution is 2.58. The van der Waals surface area contributed by atoms with E-state index >= 15 is 0 Å². The monoisotopic (exact) mass is 430 g/mol. The third-order valence-electron chi connectivity index (χ3n) is 6.43. The lowest BCUT2D eigenvalue weighted by Gasteiger charge is -2.52. The number of rotatable bonds is 6. The summed E-state index contributed by atoms with van der Waals surface area (Å²) >= 11 is 0. The van der Waals surface area contributed by atoms with Crippen molar-refractivity contribution < 1.29 is 38.7 Å². The third kappa shape index (κ3) is 3.54. The van der Waals surface area contributed by atoms with Gasteiger partial charge in [0.15, 0.2) is 0 Å². The maximum absolute atomic E-state index is 13.4. The first-order valence-corrected chi connectivity index (χ1v) is 10.2. The third-order valence-corrected chi connectivity index (χ3v) is 6.43. The van der Waals surface area contributed by atoms with Crippen molar-refractivity contribution in [1.29, 1.82) is 0 Å². The van der Waals surface area contributed by atoms with E-state index in [0.717, 1.165) is 5.57 Å². The summed E-state index contributed by atoms with van der Waals surface area (Å²) < 4.78 is 15.9. The van der Waals surface area contributed by atoms with Gasteiger partial charge in [-0.25, -0.2) is 0 Å². The topological polar surface area (TPSA) is 101 Å². The van der Waals surface area contributed by atoms with E-state index in [4.69, 9.17) is 24.0 Å². The number of methoxy groups -OCH3 is 2. The number of esters is 1. The molecule has 8 nitrogen and oxygen atoms in total. The fraction of sp³-hybridized carbons (Fsp3) is 0.478. The zero-order valence-corrected chi connectivity index (χ0v) is 17.6. The van der Waals surface area contributed by atoms with E-state index in [2.05, 4.69) is 0 Å². The van der Waals surface area contributed by atoms with Gasteiger partial charge in [0, 0.05) is 12.8 Å². The fourth-order valence-corrected chi connectivity index (χ4v) is 4.96. The van der Waals surface area contributed by atoms with E-state index in [1.54, 1.807) is 37.5 Å². The predicted molar refractivity (Wildman–Crippen MR) is 108 cm³/mol. The number of hydrogen-bond acceptors (Lipinski definition) is 8. The molecule has 8 heteroatoms. The summed E-state index contributed by atoms with van der Waals surface area (Å²) in [6, 6.07) is 6.83. The number of ether oxygens (including phenoxy) is 3. The van der Waals surface area contributed by atoms with Crippen LogP contribution in [0.4, 0.5) is 0 Å². The van der Waals surface area contributed by atoms with Gasteiger partial charge in [-0.05, 0) is 35.8 Å². The fourth-order valence-electron chi connectivity index (χ4n) is 4.96. The van der Waals surface area contributed by atoms with Gasteiger partial charge in [0.25, 0.3) is 0 Å². The molecule has 1 aromatic carbocycles. The van der Waals surface area contributed by atoms with Crippen LogP contribution in [0.15, 0.2) is 47.7 Å². The van der Waals surface area contributed by atoms with Gasteiger partial charge in [0.1, 0.15) is 34.9 Å². The minimum absolute atomic E-state index is 0.00597. The second-order valence-corrected chi connectivity index (χ2v) is 8.07. The molecule has 166 valence electrons. The molecule has 1 aliphatic carbocycles. The molecule has 3 unspecified atom stereocenters. The Balaban J connectivity index is 1.92. The minimum Gasteiger partial charge on any atom is -0.497 e. The molecule has 0 amide bonds. The maximum Gasteiger partial charge on any atom is 0.315 e. The van der Waals surface area contributed by atoms with Crippen molar-refractivity contribution in [3.05, 3.63) is 53.3 Å². The largest absolute Gasteiger partial charge is 0.497 e. The summed E-state index contributed by atoms with van der Waals surface area (Å²) in [4.78, 5) is 36.7. The molecule has 0 radical (unpaired) electrons. The number of carbonyl (C=O) groups excluding carboxylic acids is 2. The summed E-state index contributed by atoms with van der Waals surface area (Å²) in [6.07, 6.45) is 3.52. The van der Waals surface area contributed by atoms with Crippen LogP contribution < -0.4 is 4.74 Å². The van der Waals surface area contributed by atoms with Crippen molar-refractivity contribution in [2.45, 2.75) is 24.9 Å². The molecule has 2 aliphatic heterocycles. The molecule has 1 saturated carbocycles. The number of hydrogen-bond donors (Lipinski definition) is 1. The van der Waals surface area contributed by atoms with Crippen LogP contribution in [-0.4, -0.2) is 50.9 Å². The van der Waals surface area contributed by atoms with Crippen LogP contribution in [0.2, 0.25) is 0 Å². The molecule has 1 aromatic rings. The predicted octanol–water partition coefficient (Wildman–Crippen LogP) is 2.21. The van der Waals surface area contributed by atoms with Crippen LogP contribution in [-0.2, 0) is 34.4 Å². The van der Waals surface area contributed by atoms with Crippen LogP contribution in [0.3, 0.4) is 0 Å². The van der Waals surface area contributed by atoms with Gasteiger partial charge in [-0.15, -0.1) is 0 Å². The SMILES string of the molecule is COC(=O)C1(CC2=CCOC2)CC(=O)CC(C2=CCOO2)C1(O)c1ccc(OC)cc1. The minimum atomic E-state index is -1.80. The Morgan fingerprint density at radius 2 is 1.97 bits per heavy atom. The average molecular weight is 430 g/mol. The highest BCUT2D eigenvalue weighted by Gasteiger charge is 2.66. The second kappa shape index (κ2) is 8.45. The number of aliphatic hydroxyl groups is 1. The molecule has 2 heterocycles. The van der Waals surface area contributed by atoms with Crippen LogP contribution in [0.25, 0.3) is 0 Å². The normalized spacial score (nSPS) is 30.4. The van der Waals surface area contributed by atoms with Gasteiger partial charge in [-0.2, -0.15) is 4.89 Å². The highest BCUT2D eigenvalue weighted by atomic mass is 17.2. The number of ketones is 1. The van der Waals surface area contributed by atoms with E-state index in [9.17, 15) is 14.7 Å². The average Bonchev–Trinajstić information content (AvgIpc) is 3.49. The van der Waals surface area contributed by atoms with E-state index in [-0.39, 0.29) is 31.7 Å². The van der Waals surface area contributed by atoms with E-state index < -0.39 is 22.9 Å². The highest BCUT2D eigenvalue weighted by molar-refractivity contribution is 5.91. The molecular formula is C23H26O8. The molecule has 4 rings (SSSR count). The van der Waals surface area contributed by atoms with Crippen LogP contribution in [0.5, 0.6) is 5.75 Å². The van der Waals surface area contributed by atoms with Gasteiger partial charge in [-0.3, -0.25) is 9.59 Å². The van der Waals surface area contributed by atoms with Gasteiger partial charge >= 0.3 is 5.97 Å². The Hall–Kier alpha value is -2.68. The number of benzene rings is 1. The first-order valence-electron chi connectivity index (χ1n) is 10.2. The van der Waals surface area contributed by atoms with Gasteiger partial charge < -0.3 is 24.2 Å². The summed E-state index contributed by atoms with van der Waals surface area (Å²) in [5, 5.41) is 12.5. The second-order valence-electron chi connectivity index (χ2n) is 8.07. The van der Waals surface area contributed by atoms with Crippen molar-refractivity contribution in [3.8, 4) is 5.75 Å². The number of carbonyl (C=O) groups is 2. The van der Waals surface area contributed by atoms with Crippen molar-refractivity contribution in [2.75, 3.05) is 34.0 Å². The van der Waals surface area contributed by atoms with E-state index in [1.807, 2.05) is 6.08 Å². The van der Waals surface area contributed by atoms with Gasteiger partial charge in [0.2, 0.25) is 0 Å². The lowest BCUT2D eigenvalue weighted by atomic mass is 9.53. The lowest BCUT2D eigenvalue weighted by molar-refractivity contribution is -0.256. The molecule has 3 aliphatic rings. The Labute approximate surface area is 180 Å². The molecule has 1 fully saturated rings. The summed E-state index contributed by atoms with van der Waals surface area (Å²) in [5.74, 6) is -0.713. The summed E-state index contributed by atoms with van der Waals surface area (Å²) in [5.41, 5.74) is -2.07. The quantitative estimate of drug-likeness (QED) is 0.417. The number of Topliss-reactive ketones (excluding diaryl/α,β-unsaturated/α-hetero) is 1. The zero-order chi connectivity index (χ0) is 22.1. The van der Waals surface area contributed by atoms with Crippen molar-refractivity contribution >= 4 is 11.8 Å². The first kappa shape index (κ1) is 21.5. The van der Waals surface area contributed by atoms with Crippen LogP contribution in [0, 0.1) is 11.3 Å². The molecule has 1 N–H and O–H groups in total. The summed E-state index contributed by atoms with van der Waals surface area (Å²) in [7, 11) is 2.81. The van der Waals surface area contributed by atoms with Crippen molar-refractivity contribution in [1.82, 2.24) is 0 Å². The lowest BCUT2D eigenvalue weighted by Crippen LogP contribution is -2.60. The van der Waals surface area contributed by atoms with E-state index in [1.165, 1.54) is 7.11 Å². The standard InChI is InChI=1S/C23H26O8/c1-27-18-5-3-16(4-6-18)23(26)19(20-8-10-30-31-20)11-17(24)13-22(23,21(25)28-2)12-15-7-9-29-14-15/h3-8,19,26H,9-14H2,1-2H3. The molecule has 0 saturated heterocycles. The van der Waals surface area contributed by atoms with Crippen LogP contribution >= 0.6 is 0 Å². The first-order chi connectivity index (χ1) is 14.9. The molecule has 0 spiro atoms. The van der Waals surface area contributed by atoms with Crippen molar-refractivity contribution in [2.24, 2.45) is 11.3 Å². The molecule has 3 atom stereocenters. The molecule has 0 bridgehead atoms. The Morgan fingerprint density at radius 3 is 2.55 bits per heavy atom. The maximum atomic E-state index is 13.4. The smallest absolute Gasteiger partial charge is 0.315 e. The zero-order valence-electron chi connectivity index (χ0n) is 17.6. The summed E-state index contributed by atoms with van der Waals surface area (Å²) in [6.45, 7) is 0.953. The van der Waals surface area contributed by atoms with Crippen molar-refractivity contribution in [3.63, 3.8) is 0 Å². The Kier molecular flexibility index (Phi) is 5.88. The van der Waals surface area contributed by atoms with Gasteiger partial charge in [0.05, 0.1) is 33.4 Å². The molecular weight excluding hydrogens is 404 g/mol. The van der Waals surface area contributed by atoms with E-state index in [0.29, 0.717) is 30.3 Å². The molecule has 0 aromatic heterocycles. The Morgan fingerprint density at radius 1 is 1.19 bits per heavy atom. The molecule has 31 heavy (non-hydrogen) atoms. The Bertz CT molecular complexity index is 918.